The second-order valence-electron chi connectivity index (χ2n) is 8.47. The number of pyridine rings is 1. The van der Waals surface area contributed by atoms with E-state index in [-0.39, 0.29) is 11.7 Å². The molecule has 2 aromatic carbocycles. The van der Waals surface area contributed by atoms with E-state index >= 15 is 0 Å². The van der Waals surface area contributed by atoms with Crippen LogP contribution >= 0.6 is 11.6 Å². The lowest BCUT2D eigenvalue weighted by molar-refractivity contribution is 0.0948. The molecule has 36 heavy (non-hydrogen) atoms. The van der Waals surface area contributed by atoms with Crippen molar-refractivity contribution in [3.63, 3.8) is 0 Å². The predicted octanol–water partition coefficient (Wildman–Crippen LogP) is 3.33. The van der Waals surface area contributed by atoms with Gasteiger partial charge in [0.2, 0.25) is 0 Å². The van der Waals surface area contributed by atoms with E-state index < -0.39 is 18.6 Å². The highest BCUT2D eigenvalue weighted by atomic mass is 35.5. The maximum absolute atomic E-state index is 11.7. The summed E-state index contributed by atoms with van der Waals surface area (Å²) < 4.78 is 8.20. The van der Waals surface area contributed by atoms with E-state index in [1.807, 2.05) is 22.9 Å². The van der Waals surface area contributed by atoms with Gasteiger partial charge in [-0.1, -0.05) is 11.6 Å². The first-order valence-electron chi connectivity index (χ1n) is 11.4. The van der Waals surface area contributed by atoms with Crippen LogP contribution in [0.4, 0.5) is 0 Å². The minimum absolute atomic E-state index is 0.000549. The number of aliphatic hydroxyl groups excluding tert-OH is 2. The first-order valence-corrected chi connectivity index (χ1v) is 11.7. The number of nitrogens with zero attached hydrogens (tertiary/aromatic N) is 3. The number of ether oxygens (including phenoxy) is 1. The molecule has 4 aromatic rings. The molecule has 0 spiro atoms. The van der Waals surface area contributed by atoms with Gasteiger partial charge in [-0.3, -0.25) is 9.48 Å². The van der Waals surface area contributed by atoms with Crippen molar-refractivity contribution in [1.82, 2.24) is 20.1 Å². The summed E-state index contributed by atoms with van der Waals surface area (Å²) in [7, 11) is 0. The van der Waals surface area contributed by atoms with Gasteiger partial charge in [0, 0.05) is 35.4 Å². The lowest BCUT2D eigenvalue weighted by atomic mass is 10.0. The molecule has 3 heterocycles. The maximum Gasteiger partial charge on any atom is 0.267 e. The monoisotopic (exact) mass is 505 g/mol. The number of carbonyl (C=O) groups is 1. The van der Waals surface area contributed by atoms with Crippen LogP contribution in [-0.2, 0) is 0 Å². The van der Waals surface area contributed by atoms with Crippen molar-refractivity contribution >= 4 is 17.5 Å². The molecule has 0 radical (unpaired) electrons. The van der Waals surface area contributed by atoms with Gasteiger partial charge in [0.05, 0.1) is 24.0 Å². The number of aromatic nitrogens is 3. The third-order valence-corrected chi connectivity index (χ3v) is 6.26. The first kappa shape index (κ1) is 24.0. The second kappa shape index (κ2) is 10.1. The highest BCUT2D eigenvalue weighted by molar-refractivity contribution is 6.31. The Morgan fingerprint density at radius 3 is 2.61 bits per heavy atom. The van der Waals surface area contributed by atoms with Crippen molar-refractivity contribution in [3.8, 4) is 34.0 Å². The summed E-state index contributed by atoms with van der Waals surface area (Å²) in [5.74, 6) is 0.485. The SMILES string of the molecule is NC(=O)c1cc(C(O)CO)cc(-c2ccc(Oc3ccc(Cl)cc3-c3ccnn3C3CNC3)cc2)n1. The Morgan fingerprint density at radius 1 is 1.17 bits per heavy atom. The number of primary amides is 1. The van der Waals surface area contributed by atoms with Crippen LogP contribution in [0.5, 0.6) is 11.5 Å². The third-order valence-electron chi connectivity index (χ3n) is 6.03. The van der Waals surface area contributed by atoms with Crippen LogP contribution in [0.3, 0.4) is 0 Å². The number of benzene rings is 2. The topological polar surface area (TPSA) is 136 Å². The van der Waals surface area contributed by atoms with Crippen molar-refractivity contribution in [3.05, 3.63) is 83.1 Å². The minimum atomic E-state index is -1.15. The molecule has 1 amide bonds. The van der Waals surface area contributed by atoms with Gasteiger partial charge in [-0.2, -0.15) is 5.10 Å². The zero-order valence-electron chi connectivity index (χ0n) is 19.1. The molecule has 0 saturated carbocycles. The number of nitrogens with one attached hydrogen (secondary N) is 1. The van der Waals surface area contributed by atoms with Crippen LogP contribution < -0.4 is 15.8 Å². The van der Waals surface area contributed by atoms with Crippen molar-refractivity contribution < 1.29 is 19.7 Å². The molecular formula is C26H24ClN5O4. The summed E-state index contributed by atoms with van der Waals surface area (Å²) in [5.41, 5.74) is 8.61. The normalized spacial score (nSPS) is 14.3. The molecule has 1 fully saturated rings. The zero-order valence-corrected chi connectivity index (χ0v) is 19.9. The van der Waals surface area contributed by atoms with Crippen LogP contribution in [0.1, 0.15) is 28.2 Å². The summed E-state index contributed by atoms with van der Waals surface area (Å²) in [4.78, 5) is 16.0. The molecule has 9 nitrogen and oxygen atoms in total. The van der Waals surface area contributed by atoms with Gasteiger partial charge in [0.25, 0.3) is 5.91 Å². The van der Waals surface area contributed by atoms with Gasteiger partial charge in [-0.25, -0.2) is 4.98 Å². The lowest BCUT2D eigenvalue weighted by Gasteiger charge is -2.29. The Kier molecular flexibility index (Phi) is 6.71. The molecule has 1 unspecified atom stereocenters. The number of nitrogens with two attached hydrogens (primary N) is 1. The first-order chi connectivity index (χ1) is 17.4. The van der Waals surface area contributed by atoms with Crippen molar-refractivity contribution in [1.29, 1.82) is 0 Å². The second-order valence-corrected chi connectivity index (χ2v) is 8.91. The Hall–Kier alpha value is -3.76. The summed E-state index contributed by atoms with van der Waals surface area (Å²) in [6, 6.07) is 17.8. The van der Waals surface area contributed by atoms with Crippen LogP contribution in [0.25, 0.3) is 22.5 Å². The van der Waals surface area contributed by atoms with Gasteiger partial charge < -0.3 is 26.0 Å². The summed E-state index contributed by atoms with van der Waals surface area (Å²) in [6.45, 7) is 1.22. The smallest absolute Gasteiger partial charge is 0.267 e. The molecule has 5 rings (SSSR count). The Balaban J connectivity index is 1.44. The van der Waals surface area contributed by atoms with Crippen LogP contribution in [0.2, 0.25) is 5.02 Å². The minimum Gasteiger partial charge on any atom is -0.457 e. The van der Waals surface area contributed by atoms with E-state index in [1.54, 1.807) is 42.6 Å². The van der Waals surface area contributed by atoms with Crippen molar-refractivity contribution in [2.75, 3.05) is 19.7 Å². The quantitative estimate of drug-likeness (QED) is 0.288. The van der Waals surface area contributed by atoms with E-state index in [4.69, 9.17) is 22.1 Å². The van der Waals surface area contributed by atoms with Gasteiger partial charge in [0.1, 0.15) is 23.3 Å². The number of amides is 1. The fraction of sp³-hybridized carbons (Fsp3) is 0.192. The van der Waals surface area contributed by atoms with Crippen molar-refractivity contribution in [2.24, 2.45) is 5.73 Å². The predicted molar refractivity (Wildman–Crippen MR) is 135 cm³/mol. The van der Waals surface area contributed by atoms with E-state index in [0.29, 0.717) is 33.3 Å². The fourth-order valence-corrected chi connectivity index (χ4v) is 4.17. The molecule has 1 aliphatic heterocycles. The zero-order chi connectivity index (χ0) is 25.2. The molecule has 1 saturated heterocycles. The number of carbonyl (C=O) groups excluding carboxylic acids is 1. The van der Waals surface area contributed by atoms with Crippen LogP contribution in [0.15, 0.2) is 66.9 Å². The van der Waals surface area contributed by atoms with Gasteiger partial charge >= 0.3 is 0 Å². The molecule has 5 N–H and O–H groups in total. The lowest BCUT2D eigenvalue weighted by Crippen LogP contribution is -2.44. The molecule has 10 heteroatoms. The van der Waals surface area contributed by atoms with Gasteiger partial charge in [0.15, 0.2) is 0 Å². The average Bonchev–Trinajstić information content (AvgIpc) is 3.32. The van der Waals surface area contributed by atoms with E-state index in [1.165, 1.54) is 6.07 Å². The molecule has 184 valence electrons. The number of hydrogen-bond donors (Lipinski definition) is 4. The molecule has 1 atom stereocenters. The van der Waals surface area contributed by atoms with Gasteiger partial charge in [-0.05, 0) is 66.2 Å². The highest BCUT2D eigenvalue weighted by Crippen LogP contribution is 2.37. The highest BCUT2D eigenvalue weighted by Gasteiger charge is 2.23. The molecule has 1 aliphatic rings. The van der Waals surface area contributed by atoms with Gasteiger partial charge in [-0.15, -0.1) is 0 Å². The Labute approximate surface area is 212 Å². The Morgan fingerprint density at radius 2 is 1.94 bits per heavy atom. The number of rotatable bonds is 8. The molecule has 2 aromatic heterocycles. The van der Waals surface area contributed by atoms with Crippen LogP contribution in [0, 0.1) is 0 Å². The summed E-state index contributed by atoms with van der Waals surface area (Å²) in [5, 5.41) is 27.7. The standard InChI is InChI=1S/C26H24ClN5O4/c27-17-3-6-25(20(11-17)23-7-8-30-32(23)18-12-29-13-18)36-19-4-1-15(2-5-19)21-9-16(24(34)14-33)10-22(31-21)26(28)35/h1-11,18,24,29,33-34H,12-14H2,(H2,28,35). The third kappa shape index (κ3) is 4.82. The molecule has 0 aliphatic carbocycles. The van der Waals surface area contributed by atoms with E-state index in [9.17, 15) is 15.0 Å². The number of halogens is 1. The largest absolute Gasteiger partial charge is 0.457 e. The van der Waals surface area contributed by atoms with E-state index in [0.717, 1.165) is 24.3 Å². The summed E-state index contributed by atoms with van der Waals surface area (Å²) >= 11 is 6.31. The number of aliphatic hydroxyl groups is 2. The average molecular weight is 506 g/mol. The van der Waals surface area contributed by atoms with Crippen molar-refractivity contribution in [2.45, 2.75) is 12.1 Å². The maximum atomic E-state index is 11.7. The number of hydrogen-bond acceptors (Lipinski definition) is 7. The summed E-state index contributed by atoms with van der Waals surface area (Å²) in [6.07, 6.45) is 0.613. The Bertz CT molecular complexity index is 1400. The molecular weight excluding hydrogens is 482 g/mol. The fourth-order valence-electron chi connectivity index (χ4n) is 4.00. The molecule has 0 bridgehead atoms. The van der Waals surface area contributed by atoms with E-state index in [2.05, 4.69) is 15.4 Å². The van der Waals surface area contributed by atoms with Crippen LogP contribution in [-0.4, -0.2) is 50.6 Å².